The second-order valence-electron chi connectivity index (χ2n) is 15.7. The Morgan fingerprint density at radius 1 is 0.754 bits per heavy atom. The van der Waals surface area contributed by atoms with Gasteiger partial charge in [-0.05, 0) is 103 Å². The maximum Gasteiger partial charge on any atom is 0.303 e. The van der Waals surface area contributed by atoms with Crippen LogP contribution in [0.15, 0.2) is 121 Å². The molecule has 8 heteroatoms. The van der Waals surface area contributed by atoms with E-state index in [4.69, 9.17) is 10.2 Å². The molecule has 4 aromatic carbocycles. The van der Waals surface area contributed by atoms with Gasteiger partial charge in [-0.25, -0.2) is 0 Å². The Hall–Kier alpha value is -5.26. The predicted octanol–water partition coefficient (Wildman–Crippen LogP) is 11.9. The summed E-state index contributed by atoms with van der Waals surface area (Å²) >= 11 is 2.94. The number of carbonyl (C=O) groups is 2. The monoisotopic (exact) mass is 828 g/mol. The van der Waals surface area contributed by atoms with E-state index in [1.165, 1.54) is 44.0 Å². The number of benzene rings is 4. The van der Waals surface area contributed by atoms with Crippen LogP contribution >= 0.6 is 15.9 Å². The molecular weight excluding hydrogens is 774 g/mol. The number of carboxylic acids is 2. The summed E-state index contributed by atoms with van der Waals surface area (Å²) in [5.74, 6) is 0.299. The molecule has 296 valence electrons. The Morgan fingerprint density at radius 3 is 1.98 bits per heavy atom. The van der Waals surface area contributed by atoms with Crippen LogP contribution in [0.1, 0.15) is 90.2 Å². The highest BCUT2D eigenvalue weighted by molar-refractivity contribution is 9.08. The third kappa shape index (κ3) is 9.48. The van der Waals surface area contributed by atoms with Gasteiger partial charge in [-0.2, -0.15) is 9.84 Å². The van der Waals surface area contributed by atoms with Crippen LogP contribution < -0.4 is 4.90 Å². The third-order valence-electron chi connectivity index (χ3n) is 11.2. The van der Waals surface area contributed by atoms with Crippen LogP contribution in [0.5, 0.6) is 0 Å². The lowest BCUT2D eigenvalue weighted by Crippen LogP contribution is -2.28. The van der Waals surface area contributed by atoms with Crippen molar-refractivity contribution < 1.29 is 24.4 Å². The van der Waals surface area contributed by atoms with Crippen molar-refractivity contribution in [2.45, 2.75) is 89.9 Å². The molecule has 7 nitrogen and oxygen atoms in total. The van der Waals surface area contributed by atoms with E-state index in [0.29, 0.717) is 18.4 Å². The van der Waals surface area contributed by atoms with Gasteiger partial charge in [-0.3, -0.25) is 9.59 Å². The molecule has 0 saturated carbocycles. The molecule has 6 rings (SSSR count). The molecule has 2 heterocycles. The van der Waals surface area contributed by atoms with Crippen LogP contribution in [-0.4, -0.2) is 51.4 Å². The summed E-state index contributed by atoms with van der Waals surface area (Å²) in [5.41, 5.74) is 7.16. The van der Waals surface area contributed by atoms with E-state index < -0.39 is 11.9 Å². The van der Waals surface area contributed by atoms with Gasteiger partial charge in [-0.15, -0.1) is 0 Å². The fourth-order valence-electron chi connectivity index (χ4n) is 8.61. The Balaban J connectivity index is 0.00000305. The number of aliphatic carboxylic acids is 2. The van der Waals surface area contributed by atoms with E-state index in [9.17, 15) is 14.9 Å². The van der Waals surface area contributed by atoms with Crippen LogP contribution in [0.2, 0.25) is 0 Å². The summed E-state index contributed by atoms with van der Waals surface area (Å²) in [6.07, 6.45) is 17.0. The number of rotatable bonds is 16. The minimum absolute atomic E-state index is 0.184. The number of fused-ring (bicyclic) bond motifs is 6. The maximum atomic E-state index is 11.1. The summed E-state index contributed by atoms with van der Waals surface area (Å²) < 4.78 is 2.37. The van der Waals surface area contributed by atoms with Crippen LogP contribution in [0, 0.1) is 11.3 Å². The van der Waals surface area contributed by atoms with Gasteiger partial charge in [0.15, 0.2) is 5.71 Å². The van der Waals surface area contributed by atoms with Gasteiger partial charge in [0.2, 0.25) is 5.69 Å². The number of halogens is 1. The molecule has 2 aliphatic rings. The Bertz CT molecular complexity index is 2320. The Labute approximate surface area is 346 Å². The zero-order chi connectivity index (χ0) is 41.2. The highest BCUT2D eigenvalue weighted by atomic mass is 79.9. The van der Waals surface area contributed by atoms with Crippen LogP contribution in [0.25, 0.3) is 21.5 Å². The minimum atomic E-state index is -0.757. The van der Waals surface area contributed by atoms with Gasteiger partial charge in [-0.1, -0.05) is 103 Å². The lowest BCUT2D eigenvalue weighted by Gasteiger charge is -2.27. The average Bonchev–Trinajstić information content (AvgIpc) is 3.55. The quantitative estimate of drug-likeness (QED) is 0.0383. The first-order valence-electron chi connectivity index (χ1n) is 19.9. The molecule has 2 aliphatic heterocycles. The van der Waals surface area contributed by atoms with Gasteiger partial charge in [0, 0.05) is 60.3 Å². The number of nitrogens with zero attached hydrogens (tertiary/aromatic N) is 3. The van der Waals surface area contributed by atoms with E-state index in [-0.39, 0.29) is 23.7 Å². The van der Waals surface area contributed by atoms with Crippen molar-refractivity contribution in [3.63, 3.8) is 0 Å². The van der Waals surface area contributed by atoms with Gasteiger partial charge in [0.05, 0.1) is 17.1 Å². The molecule has 0 saturated heterocycles. The Morgan fingerprint density at radius 2 is 1.35 bits per heavy atom. The lowest BCUT2D eigenvalue weighted by atomic mass is 9.79. The minimum Gasteiger partial charge on any atom is -0.481 e. The number of alkyl halides is 1. The van der Waals surface area contributed by atoms with Crippen LogP contribution in [0.3, 0.4) is 0 Å². The SMILES string of the molecule is CBr.CC1(C)C(/C=C/C=C(C#N)/C=C/C=C2/N(CCCCCC(=O)O)c3ccc4ccccc4c3C2(C)C)=[N+](CCCCCC(=O)O)c2ccc3ccccc3c21. The summed E-state index contributed by atoms with van der Waals surface area (Å²) in [7, 11) is 0. The van der Waals surface area contributed by atoms with E-state index in [1.54, 1.807) is 0 Å². The fraction of sp³-hybridized carbons (Fsp3) is 0.347. The first-order valence-corrected chi connectivity index (χ1v) is 21.5. The smallest absolute Gasteiger partial charge is 0.303 e. The normalized spacial score (nSPS) is 16.3. The molecule has 0 atom stereocenters. The zero-order valence-electron chi connectivity index (χ0n) is 33.9. The second kappa shape index (κ2) is 19.3. The summed E-state index contributed by atoms with van der Waals surface area (Å²) in [6.45, 7) is 10.6. The topological polar surface area (TPSA) is 105 Å². The van der Waals surface area contributed by atoms with Gasteiger partial charge < -0.3 is 15.1 Å². The lowest BCUT2D eigenvalue weighted by molar-refractivity contribution is -0.438. The van der Waals surface area contributed by atoms with E-state index in [0.717, 1.165) is 50.2 Å². The molecule has 0 amide bonds. The standard InChI is InChI=1S/C48H51N3O4.CH3Br/c1-47(2)41(50(31-13-5-7-25-43(52)53)39-29-27-35-19-9-11-21-37(35)45(39)47)23-15-17-34(33-49)18-16-24-42-48(3,4)46-38-22-12-10-20-36(38)28-30-40(46)51(42)32-14-6-8-26-44(54)55;1-2/h9-12,15-24,27-30H,5-8,13-14,25-26,31-32H2,1-4H3,(H-,52,53,54,55);1H3/p+1. The molecule has 0 fully saturated rings. The van der Waals surface area contributed by atoms with Crippen molar-refractivity contribution in [3.05, 3.63) is 132 Å². The number of hydrogen-bond acceptors (Lipinski definition) is 4. The number of nitriles is 1. The molecule has 2 N–H and O–H groups in total. The molecule has 0 aliphatic carbocycles. The van der Waals surface area contributed by atoms with Gasteiger partial charge >= 0.3 is 11.9 Å². The molecule has 0 aromatic heterocycles. The number of anilines is 1. The number of allylic oxidation sites excluding steroid dienone is 8. The van der Waals surface area contributed by atoms with E-state index in [1.807, 2.05) is 30.1 Å². The molecular formula is C49H55BrN3O4+. The molecule has 4 aromatic rings. The molecule has 0 radical (unpaired) electrons. The van der Waals surface area contributed by atoms with Crippen molar-refractivity contribution in [3.8, 4) is 6.07 Å². The van der Waals surface area contributed by atoms with Crippen molar-refractivity contribution in [1.82, 2.24) is 0 Å². The molecule has 0 spiro atoms. The van der Waals surface area contributed by atoms with E-state index >= 15 is 0 Å². The maximum absolute atomic E-state index is 11.1. The second-order valence-corrected chi connectivity index (χ2v) is 15.7. The molecule has 0 unspecified atom stereocenters. The number of hydrogen-bond donors (Lipinski definition) is 2. The van der Waals surface area contributed by atoms with Crippen molar-refractivity contribution in [2.24, 2.45) is 0 Å². The largest absolute Gasteiger partial charge is 0.481 e. The number of unbranched alkanes of at least 4 members (excludes halogenated alkanes) is 4. The first-order chi connectivity index (χ1) is 27.4. The Kier molecular flexibility index (Phi) is 14.5. The first kappa shape index (κ1) is 42.9. The summed E-state index contributed by atoms with van der Waals surface area (Å²) in [5, 5.41) is 33.3. The molecule has 57 heavy (non-hydrogen) atoms. The highest BCUT2D eigenvalue weighted by Gasteiger charge is 2.45. The predicted molar refractivity (Wildman–Crippen MR) is 238 cm³/mol. The molecule has 0 bridgehead atoms. The third-order valence-corrected chi connectivity index (χ3v) is 11.2. The number of carboxylic acid groups (broad SMARTS) is 2. The highest BCUT2D eigenvalue weighted by Crippen LogP contribution is 2.51. The zero-order valence-corrected chi connectivity index (χ0v) is 35.5. The van der Waals surface area contributed by atoms with E-state index in [2.05, 4.69) is 144 Å². The van der Waals surface area contributed by atoms with Gasteiger partial charge in [0.25, 0.3) is 0 Å². The van der Waals surface area contributed by atoms with Crippen LogP contribution in [0.4, 0.5) is 11.4 Å². The fourth-order valence-corrected chi connectivity index (χ4v) is 8.61. The average molecular weight is 830 g/mol. The van der Waals surface area contributed by atoms with Crippen molar-refractivity contribution in [1.29, 1.82) is 5.26 Å². The summed E-state index contributed by atoms with van der Waals surface area (Å²) in [6, 6.07) is 28.1. The summed E-state index contributed by atoms with van der Waals surface area (Å²) in [4.78, 5) is 24.6. The van der Waals surface area contributed by atoms with Crippen LogP contribution in [-0.2, 0) is 20.4 Å². The van der Waals surface area contributed by atoms with Crippen molar-refractivity contribution >= 4 is 66.5 Å². The van der Waals surface area contributed by atoms with Crippen molar-refractivity contribution in [2.75, 3.05) is 23.8 Å². The van der Waals surface area contributed by atoms with Gasteiger partial charge in [0.1, 0.15) is 6.54 Å².